The first-order valence-electron chi connectivity index (χ1n) is 5.08. The Balaban J connectivity index is 2.30. The van der Waals surface area contributed by atoms with Crippen molar-refractivity contribution in [2.75, 3.05) is 4.72 Å². The first-order chi connectivity index (χ1) is 8.90. The molecule has 8 heteroatoms. The van der Waals surface area contributed by atoms with E-state index in [1.165, 1.54) is 17.5 Å². The van der Waals surface area contributed by atoms with Crippen LogP contribution in [-0.2, 0) is 16.6 Å². The lowest BCUT2D eigenvalue weighted by Crippen LogP contribution is -2.12. The van der Waals surface area contributed by atoms with Gasteiger partial charge in [-0.05, 0) is 24.3 Å². The third kappa shape index (κ3) is 3.44. The lowest BCUT2D eigenvalue weighted by molar-refractivity contribution is 0.285. The highest BCUT2D eigenvalue weighted by Gasteiger charge is 2.16. The fourth-order valence-corrected chi connectivity index (χ4v) is 3.81. The van der Waals surface area contributed by atoms with Crippen LogP contribution in [-0.4, -0.2) is 13.5 Å². The van der Waals surface area contributed by atoms with Gasteiger partial charge in [-0.1, -0.05) is 11.6 Å². The van der Waals surface area contributed by atoms with Crippen molar-refractivity contribution in [3.8, 4) is 0 Å². The second kappa shape index (κ2) is 5.46. The summed E-state index contributed by atoms with van der Waals surface area (Å²) < 4.78 is 39.3. The predicted molar refractivity (Wildman–Crippen MR) is 72.5 cm³/mol. The molecule has 0 aliphatic heterocycles. The molecule has 0 saturated carbocycles. The van der Waals surface area contributed by atoms with Gasteiger partial charge in [0.05, 0.1) is 17.2 Å². The summed E-state index contributed by atoms with van der Waals surface area (Å²) in [6, 6.07) is 4.77. The highest BCUT2D eigenvalue weighted by molar-refractivity contribution is 7.92. The molecule has 1 aromatic carbocycles. The molecule has 0 radical (unpaired) electrons. The molecule has 1 aromatic heterocycles. The molecule has 2 rings (SSSR count). The monoisotopic (exact) mass is 321 g/mol. The summed E-state index contributed by atoms with van der Waals surface area (Å²) in [5.74, 6) is -0.633. The van der Waals surface area contributed by atoms with Gasteiger partial charge in [-0.3, -0.25) is 4.72 Å². The standard InChI is InChI=1S/C11H9ClFNO3S2/c12-7-1-8(13)3-9(2-7)14-19(16,17)11-4-10(5-15)18-6-11/h1-4,6,14-15H,5H2. The average Bonchev–Trinajstić information content (AvgIpc) is 2.75. The van der Waals surface area contributed by atoms with Crippen molar-refractivity contribution in [3.05, 3.63) is 45.4 Å². The van der Waals surface area contributed by atoms with Crippen molar-refractivity contribution in [1.29, 1.82) is 0 Å². The second-order valence-corrected chi connectivity index (χ2v) is 6.79. The summed E-state index contributed by atoms with van der Waals surface area (Å²) in [7, 11) is -3.81. The Morgan fingerprint density at radius 2 is 2.05 bits per heavy atom. The van der Waals surface area contributed by atoms with Gasteiger partial charge in [0.25, 0.3) is 10.0 Å². The van der Waals surface area contributed by atoms with Gasteiger partial charge in [-0.2, -0.15) is 0 Å². The van der Waals surface area contributed by atoms with E-state index >= 15 is 0 Å². The van der Waals surface area contributed by atoms with Crippen LogP contribution >= 0.6 is 22.9 Å². The van der Waals surface area contributed by atoms with Crippen LogP contribution in [0.4, 0.5) is 10.1 Å². The summed E-state index contributed by atoms with van der Waals surface area (Å²) >= 11 is 6.77. The van der Waals surface area contributed by atoms with E-state index < -0.39 is 15.8 Å². The Bertz CT molecular complexity index is 679. The van der Waals surface area contributed by atoms with Gasteiger partial charge in [0, 0.05) is 15.3 Å². The van der Waals surface area contributed by atoms with Crippen molar-refractivity contribution < 1.29 is 17.9 Å². The van der Waals surface area contributed by atoms with Crippen molar-refractivity contribution in [3.63, 3.8) is 0 Å². The molecular weight excluding hydrogens is 313 g/mol. The maximum Gasteiger partial charge on any atom is 0.262 e. The van der Waals surface area contributed by atoms with Crippen LogP contribution in [0.5, 0.6) is 0 Å². The predicted octanol–water partition coefficient (Wildman–Crippen LogP) is 2.83. The largest absolute Gasteiger partial charge is 0.391 e. The van der Waals surface area contributed by atoms with Crippen LogP contribution in [0.1, 0.15) is 4.88 Å². The number of anilines is 1. The van der Waals surface area contributed by atoms with E-state index in [0.717, 1.165) is 23.5 Å². The van der Waals surface area contributed by atoms with Crippen LogP contribution in [0.2, 0.25) is 5.02 Å². The van der Waals surface area contributed by atoms with E-state index in [-0.39, 0.29) is 22.2 Å². The van der Waals surface area contributed by atoms with Gasteiger partial charge in [0.15, 0.2) is 0 Å². The summed E-state index contributed by atoms with van der Waals surface area (Å²) in [6.07, 6.45) is 0. The van der Waals surface area contributed by atoms with Gasteiger partial charge in [-0.15, -0.1) is 11.3 Å². The normalized spacial score (nSPS) is 11.5. The topological polar surface area (TPSA) is 66.4 Å². The molecule has 1 heterocycles. The Morgan fingerprint density at radius 1 is 1.32 bits per heavy atom. The van der Waals surface area contributed by atoms with Crippen molar-refractivity contribution >= 4 is 38.6 Å². The third-order valence-corrected chi connectivity index (χ3v) is 4.86. The summed E-state index contributed by atoms with van der Waals surface area (Å²) in [5, 5.41) is 10.4. The van der Waals surface area contributed by atoms with Crippen molar-refractivity contribution in [1.82, 2.24) is 0 Å². The number of halogens is 2. The van der Waals surface area contributed by atoms with Crippen molar-refractivity contribution in [2.45, 2.75) is 11.5 Å². The van der Waals surface area contributed by atoms with Gasteiger partial charge in [0.2, 0.25) is 0 Å². The smallest absolute Gasteiger partial charge is 0.262 e. The molecule has 0 atom stereocenters. The van der Waals surface area contributed by atoms with E-state index in [2.05, 4.69) is 4.72 Å². The fraction of sp³-hybridized carbons (Fsp3) is 0.0909. The molecular formula is C11H9ClFNO3S2. The molecule has 0 bridgehead atoms. The molecule has 0 aliphatic rings. The number of aliphatic hydroxyl groups is 1. The van der Waals surface area contributed by atoms with Crippen LogP contribution in [0.25, 0.3) is 0 Å². The summed E-state index contributed by atoms with van der Waals surface area (Å²) in [5.41, 5.74) is 0.0433. The maximum atomic E-state index is 13.1. The molecule has 0 amide bonds. The molecule has 0 unspecified atom stereocenters. The highest BCUT2D eigenvalue weighted by atomic mass is 35.5. The molecule has 0 aliphatic carbocycles. The Kier molecular flexibility index (Phi) is 4.10. The zero-order chi connectivity index (χ0) is 14.0. The lowest BCUT2D eigenvalue weighted by Gasteiger charge is -2.07. The fourth-order valence-electron chi connectivity index (χ4n) is 1.41. The molecule has 4 nitrogen and oxygen atoms in total. The quantitative estimate of drug-likeness (QED) is 0.910. The van der Waals surface area contributed by atoms with Gasteiger partial charge in [0.1, 0.15) is 5.82 Å². The minimum absolute atomic E-state index is 0.0157. The average molecular weight is 322 g/mol. The Hall–Kier alpha value is -1.15. The second-order valence-electron chi connectivity index (χ2n) is 3.67. The van der Waals surface area contributed by atoms with Crippen LogP contribution < -0.4 is 4.72 Å². The lowest BCUT2D eigenvalue weighted by atomic mass is 10.3. The molecule has 0 fully saturated rings. The molecule has 0 saturated heterocycles. The first kappa shape index (κ1) is 14.3. The van der Waals surface area contributed by atoms with Gasteiger partial charge >= 0.3 is 0 Å². The number of benzene rings is 1. The number of thiophene rings is 1. The number of aliphatic hydroxyl groups excluding tert-OH is 1. The Labute approximate surface area is 118 Å². The summed E-state index contributed by atoms with van der Waals surface area (Å²) in [6.45, 7) is -0.230. The molecule has 102 valence electrons. The minimum atomic E-state index is -3.81. The van der Waals surface area contributed by atoms with E-state index in [1.807, 2.05) is 0 Å². The van der Waals surface area contributed by atoms with E-state index in [9.17, 15) is 12.8 Å². The zero-order valence-electron chi connectivity index (χ0n) is 9.43. The van der Waals surface area contributed by atoms with E-state index in [4.69, 9.17) is 16.7 Å². The van der Waals surface area contributed by atoms with Gasteiger partial charge in [-0.25, -0.2) is 12.8 Å². The van der Waals surface area contributed by atoms with Crippen LogP contribution in [0.3, 0.4) is 0 Å². The molecule has 2 aromatic rings. The van der Waals surface area contributed by atoms with Crippen molar-refractivity contribution in [2.24, 2.45) is 0 Å². The van der Waals surface area contributed by atoms with E-state index in [1.54, 1.807) is 0 Å². The number of sulfonamides is 1. The van der Waals surface area contributed by atoms with Gasteiger partial charge < -0.3 is 5.11 Å². The zero-order valence-corrected chi connectivity index (χ0v) is 11.8. The number of hydrogen-bond acceptors (Lipinski definition) is 4. The third-order valence-electron chi connectivity index (χ3n) is 2.21. The van der Waals surface area contributed by atoms with Crippen LogP contribution in [0, 0.1) is 5.82 Å². The number of hydrogen-bond donors (Lipinski definition) is 2. The maximum absolute atomic E-state index is 13.1. The summed E-state index contributed by atoms with van der Waals surface area (Å²) in [4.78, 5) is 0.541. The highest BCUT2D eigenvalue weighted by Crippen LogP contribution is 2.24. The Morgan fingerprint density at radius 3 is 2.63 bits per heavy atom. The minimum Gasteiger partial charge on any atom is -0.391 e. The molecule has 2 N–H and O–H groups in total. The first-order valence-corrected chi connectivity index (χ1v) is 7.82. The van der Waals surface area contributed by atoms with Crippen LogP contribution in [0.15, 0.2) is 34.5 Å². The molecule has 19 heavy (non-hydrogen) atoms. The number of rotatable bonds is 4. The number of nitrogens with one attached hydrogen (secondary N) is 1. The SMILES string of the molecule is O=S(=O)(Nc1cc(F)cc(Cl)c1)c1csc(CO)c1. The van der Waals surface area contributed by atoms with E-state index in [0.29, 0.717) is 4.88 Å². The molecule has 0 spiro atoms.